The lowest BCUT2D eigenvalue weighted by molar-refractivity contribution is 0.00908. The van der Waals surface area contributed by atoms with Crippen molar-refractivity contribution in [3.8, 4) is 11.5 Å². The molecule has 148 valence electrons. The molecule has 0 N–H and O–H groups in total. The lowest BCUT2D eigenvalue weighted by Crippen LogP contribution is -2.37. The number of likely N-dealkylation sites (tertiary alicyclic amines) is 1. The molecular formula is C22H22N4O3. The molecule has 0 radical (unpaired) electrons. The second-order valence-corrected chi connectivity index (χ2v) is 7.76. The summed E-state index contributed by atoms with van der Waals surface area (Å²) in [7, 11) is 0. The topological polar surface area (TPSA) is 81.4 Å². The summed E-state index contributed by atoms with van der Waals surface area (Å²) in [4.78, 5) is 19.1. The van der Waals surface area contributed by atoms with Gasteiger partial charge in [0.1, 0.15) is 0 Å². The van der Waals surface area contributed by atoms with Crippen LogP contribution in [0, 0.1) is 5.41 Å². The van der Waals surface area contributed by atoms with Gasteiger partial charge in [0.2, 0.25) is 11.8 Å². The van der Waals surface area contributed by atoms with E-state index in [-0.39, 0.29) is 17.2 Å². The molecule has 2 aromatic heterocycles. The van der Waals surface area contributed by atoms with Gasteiger partial charge in [-0.05, 0) is 37.1 Å². The fraction of sp³-hybridized carbons (Fsp3) is 0.364. The van der Waals surface area contributed by atoms with Crippen LogP contribution in [0.2, 0.25) is 0 Å². The molecule has 3 aromatic rings. The predicted octanol–water partition coefficient (Wildman–Crippen LogP) is 3.17. The molecule has 2 fully saturated rings. The van der Waals surface area contributed by atoms with Gasteiger partial charge in [0.15, 0.2) is 0 Å². The first kappa shape index (κ1) is 18.0. The van der Waals surface area contributed by atoms with Crippen LogP contribution in [0.1, 0.15) is 35.0 Å². The number of aromatic nitrogens is 3. The van der Waals surface area contributed by atoms with Crippen molar-refractivity contribution in [3.05, 3.63) is 66.3 Å². The quantitative estimate of drug-likeness (QED) is 0.683. The Morgan fingerprint density at radius 1 is 1.03 bits per heavy atom. The molecule has 4 heterocycles. The first-order valence-corrected chi connectivity index (χ1v) is 9.91. The maximum Gasteiger partial charge on any atom is 0.253 e. The van der Waals surface area contributed by atoms with E-state index in [2.05, 4.69) is 15.2 Å². The van der Waals surface area contributed by atoms with Gasteiger partial charge in [0.25, 0.3) is 5.91 Å². The number of ether oxygens (including phenoxy) is 1. The first-order chi connectivity index (χ1) is 14.3. The molecule has 7 heteroatoms. The Labute approximate surface area is 168 Å². The molecule has 1 amide bonds. The predicted molar refractivity (Wildman–Crippen MR) is 105 cm³/mol. The van der Waals surface area contributed by atoms with Crippen LogP contribution in [0.25, 0.3) is 11.5 Å². The van der Waals surface area contributed by atoms with Gasteiger partial charge in [0, 0.05) is 55.2 Å². The number of amides is 1. The smallest absolute Gasteiger partial charge is 0.253 e. The van der Waals surface area contributed by atoms with Gasteiger partial charge in [0.05, 0.1) is 5.92 Å². The van der Waals surface area contributed by atoms with Crippen LogP contribution in [-0.4, -0.2) is 52.3 Å². The Morgan fingerprint density at radius 3 is 2.55 bits per heavy atom. The standard InChI is InChI=1S/C22H22N4O3/c27-21(17-4-2-1-3-5-17)26-14-18(22(15-26)8-12-28-13-9-22)20-25-24-19(29-20)16-6-10-23-11-7-16/h1-7,10-11,18H,8-9,12-15H2. The Morgan fingerprint density at radius 2 is 1.79 bits per heavy atom. The fourth-order valence-electron chi connectivity index (χ4n) is 4.50. The molecular weight excluding hydrogens is 368 g/mol. The summed E-state index contributed by atoms with van der Waals surface area (Å²) in [6.45, 7) is 2.64. The Hall–Kier alpha value is -3.06. The van der Waals surface area contributed by atoms with Gasteiger partial charge in [-0.25, -0.2) is 0 Å². The highest BCUT2D eigenvalue weighted by atomic mass is 16.5. The normalized spacial score (nSPS) is 20.8. The van der Waals surface area contributed by atoms with E-state index in [0.717, 1.165) is 18.4 Å². The van der Waals surface area contributed by atoms with Crippen LogP contribution in [0.3, 0.4) is 0 Å². The van der Waals surface area contributed by atoms with E-state index in [1.165, 1.54) is 0 Å². The van der Waals surface area contributed by atoms with Crippen LogP contribution in [0.4, 0.5) is 0 Å². The summed E-state index contributed by atoms with van der Waals surface area (Å²) in [6.07, 6.45) is 5.16. The highest BCUT2D eigenvalue weighted by molar-refractivity contribution is 5.94. The summed E-state index contributed by atoms with van der Waals surface area (Å²) in [5, 5.41) is 8.63. The highest BCUT2D eigenvalue weighted by Crippen LogP contribution is 2.49. The lowest BCUT2D eigenvalue weighted by atomic mass is 9.72. The number of benzene rings is 1. The van der Waals surface area contributed by atoms with Crippen molar-refractivity contribution in [2.75, 3.05) is 26.3 Å². The maximum atomic E-state index is 13.1. The van der Waals surface area contributed by atoms with E-state index in [4.69, 9.17) is 9.15 Å². The number of rotatable bonds is 3. The minimum absolute atomic E-state index is 0.00199. The van der Waals surface area contributed by atoms with Crippen molar-refractivity contribution in [2.45, 2.75) is 18.8 Å². The van der Waals surface area contributed by atoms with Crippen molar-refractivity contribution in [2.24, 2.45) is 5.41 Å². The lowest BCUT2D eigenvalue weighted by Gasteiger charge is -2.36. The number of pyridine rings is 1. The van der Waals surface area contributed by atoms with Crippen LogP contribution in [0.15, 0.2) is 59.3 Å². The van der Waals surface area contributed by atoms with E-state index in [0.29, 0.717) is 43.6 Å². The Kier molecular flexibility index (Phi) is 4.60. The number of nitrogens with zero attached hydrogens (tertiary/aromatic N) is 4. The Bertz CT molecular complexity index is 984. The minimum Gasteiger partial charge on any atom is -0.420 e. The molecule has 29 heavy (non-hydrogen) atoms. The van der Waals surface area contributed by atoms with Crippen LogP contribution >= 0.6 is 0 Å². The van der Waals surface area contributed by atoms with Gasteiger partial charge in [-0.1, -0.05) is 18.2 Å². The molecule has 0 aliphatic carbocycles. The largest absolute Gasteiger partial charge is 0.420 e. The highest BCUT2D eigenvalue weighted by Gasteiger charge is 2.51. The molecule has 5 rings (SSSR count). The number of carbonyl (C=O) groups is 1. The van der Waals surface area contributed by atoms with Crippen LogP contribution in [-0.2, 0) is 4.74 Å². The fourth-order valence-corrected chi connectivity index (χ4v) is 4.50. The van der Waals surface area contributed by atoms with Crippen molar-refractivity contribution in [3.63, 3.8) is 0 Å². The van der Waals surface area contributed by atoms with Gasteiger partial charge >= 0.3 is 0 Å². The SMILES string of the molecule is O=C(c1ccccc1)N1CC(c2nnc(-c3ccncc3)o2)C2(CCOCC2)C1. The van der Waals surface area contributed by atoms with Crippen LogP contribution < -0.4 is 0 Å². The van der Waals surface area contributed by atoms with Crippen molar-refractivity contribution in [1.82, 2.24) is 20.1 Å². The van der Waals surface area contributed by atoms with E-state index >= 15 is 0 Å². The van der Waals surface area contributed by atoms with E-state index < -0.39 is 0 Å². The second-order valence-electron chi connectivity index (χ2n) is 7.76. The molecule has 2 aliphatic heterocycles. The minimum atomic E-state index is -0.0925. The van der Waals surface area contributed by atoms with Crippen molar-refractivity contribution >= 4 is 5.91 Å². The molecule has 2 aliphatic rings. The molecule has 1 atom stereocenters. The third kappa shape index (κ3) is 3.31. The molecule has 7 nitrogen and oxygen atoms in total. The molecule has 0 bridgehead atoms. The molecule has 1 aromatic carbocycles. The van der Waals surface area contributed by atoms with Gasteiger partial charge < -0.3 is 14.1 Å². The monoisotopic (exact) mass is 390 g/mol. The van der Waals surface area contributed by atoms with E-state index in [9.17, 15) is 4.79 Å². The Balaban J connectivity index is 1.46. The summed E-state index contributed by atoms with van der Waals surface area (Å²) in [5.74, 6) is 1.13. The second kappa shape index (κ2) is 7.40. The zero-order chi connectivity index (χ0) is 19.7. The zero-order valence-corrected chi connectivity index (χ0v) is 16.0. The summed E-state index contributed by atoms with van der Waals surface area (Å²) >= 11 is 0. The third-order valence-electron chi connectivity index (χ3n) is 6.11. The molecule has 0 saturated carbocycles. The first-order valence-electron chi connectivity index (χ1n) is 9.91. The number of hydrogen-bond acceptors (Lipinski definition) is 6. The van der Waals surface area contributed by atoms with Gasteiger partial charge in [-0.15, -0.1) is 10.2 Å². The van der Waals surface area contributed by atoms with E-state index in [1.54, 1.807) is 12.4 Å². The maximum absolute atomic E-state index is 13.1. The average Bonchev–Trinajstić information content (AvgIpc) is 3.40. The number of hydrogen-bond donors (Lipinski definition) is 0. The van der Waals surface area contributed by atoms with Crippen LogP contribution in [0.5, 0.6) is 0 Å². The summed E-state index contributed by atoms with van der Waals surface area (Å²) < 4.78 is 11.7. The molecule has 1 spiro atoms. The van der Waals surface area contributed by atoms with Crippen molar-refractivity contribution in [1.29, 1.82) is 0 Å². The zero-order valence-electron chi connectivity index (χ0n) is 16.0. The van der Waals surface area contributed by atoms with Gasteiger partial charge in [-0.2, -0.15) is 0 Å². The third-order valence-corrected chi connectivity index (χ3v) is 6.11. The number of carbonyl (C=O) groups excluding carboxylic acids is 1. The van der Waals surface area contributed by atoms with Gasteiger partial charge in [-0.3, -0.25) is 9.78 Å². The summed E-state index contributed by atoms with van der Waals surface area (Å²) in [6, 6.07) is 13.1. The average molecular weight is 390 g/mol. The van der Waals surface area contributed by atoms with E-state index in [1.807, 2.05) is 47.4 Å². The summed E-state index contributed by atoms with van der Waals surface area (Å²) in [5.41, 5.74) is 1.46. The molecule has 2 saturated heterocycles. The van der Waals surface area contributed by atoms with Crippen molar-refractivity contribution < 1.29 is 13.9 Å². The molecule has 1 unspecified atom stereocenters.